The van der Waals surface area contributed by atoms with Gasteiger partial charge >= 0.3 is 0 Å². The van der Waals surface area contributed by atoms with Crippen molar-refractivity contribution in [2.24, 2.45) is 0 Å². The average molecular weight is 170 g/mol. The van der Waals surface area contributed by atoms with Crippen LogP contribution in [0.3, 0.4) is 0 Å². The highest BCUT2D eigenvalue weighted by Gasteiger charge is 2.09. The Morgan fingerprint density at radius 2 is 2.17 bits per heavy atom. The summed E-state index contributed by atoms with van der Waals surface area (Å²) in [7, 11) is 3.02. The van der Waals surface area contributed by atoms with Gasteiger partial charge in [-0.05, 0) is 12.1 Å². The van der Waals surface area contributed by atoms with E-state index in [2.05, 4.69) is 5.32 Å². The summed E-state index contributed by atoms with van der Waals surface area (Å²) in [6, 6.07) is 3.08. The zero-order valence-corrected chi connectivity index (χ0v) is 7.02. The number of anilines is 2. The molecule has 0 aliphatic heterocycles. The maximum absolute atomic E-state index is 13.3. The summed E-state index contributed by atoms with van der Waals surface area (Å²) >= 11 is 0. The molecule has 1 aromatic carbocycles. The minimum absolute atomic E-state index is 0.188. The van der Waals surface area contributed by atoms with Crippen LogP contribution in [0.25, 0.3) is 0 Å². The molecule has 0 unspecified atom stereocenters. The number of benzene rings is 1. The normalized spacial score (nSPS) is 9.58. The first-order valence-corrected chi connectivity index (χ1v) is 3.50. The lowest BCUT2D eigenvalue weighted by molar-refractivity contribution is 0.387. The van der Waals surface area contributed by atoms with Crippen molar-refractivity contribution in [2.45, 2.75) is 0 Å². The van der Waals surface area contributed by atoms with Crippen LogP contribution >= 0.6 is 0 Å². The summed E-state index contributed by atoms with van der Waals surface area (Å²) in [6.45, 7) is 0. The monoisotopic (exact) mass is 170 g/mol. The Morgan fingerprint density at radius 1 is 1.50 bits per heavy atom. The fourth-order valence-corrected chi connectivity index (χ4v) is 0.984. The van der Waals surface area contributed by atoms with Gasteiger partial charge in [0.05, 0.1) is 18.5 Å². The van der Waals surface area contributed by atoms with E-state index in [4.69, 9.17) is 10.5 Å². The van der Waals surface area contributed by atoms with E-state index in [0.717, 1.165) is 0 Å². The Hall–Kier alpha value is -1.45. The van der Waals surface area contributed by atoms with E-state index in [1.165, 1.54) is 13.2 Å². The lowest BCUT2D eigenvalue weighted by Gasteiger charge is -2.09. The summed E-state index contributed by atoms with van der Waals surface area (Å²) in [5.74, 6) is -0.270. The fourth-order valence-electron chi connectivity index (χ4n) is 0.984. The van der Waals surface area contributed by atoms with Crippen LogP contribution < -0.4 is 15.8 Å². The van der Waals surface area contributed by atoms with Gasteiger partial charge in [0.2, 0.25) is 0 Å². The van der Waals surface area contributed by atoms with Crippen molar-refractivity contribution in [2.75, 3.05) is 25.2 Å². The Morgan fingerprint density at radius 3 is 2.67 bits per heavy atom. The number of methoxy groups -OCH3 is 1. The SMILES string of the molecule is CNc1c(N)ccc(OC)c1F. The second-order valence-corrected chi connectivity index (χ2v) is 2.30. The van der Waals surface area contributed by atoms with Gasteiger partial charge in [-0.1, -0.05) is 0 Å². The van der Waals surface area contributed by atoms with Crippen molar-refractivity contribution in [3.63, 3.8) is 0 Å². The number of nitrogen functional groups attached to an aromatic ring is 1. The molecule has 1 aromatic rings. The Balaban J connectivity index is 3.24. The highest BCUT2D eigenvalue weighted by Crippen LogP contribution is 2.29. The number of ether oxygens (including phenoxy) is 1. The molecule has 0 fully saturated rings. The molecular formula is C8H11FN2O. The van der Waals surface area contributed by atoms with Gasteiger partial charge in [0.1, 0.15) is 0 Å². The molecule has 4 heteroatoms. The first-order chi connectivity index (χ1) is 5.70. The van der Waals surface area contributed by atoms with Gasteiger partial charge in [-0.3, -0.25) is 0 Å². The molecule has 12 heavy (non-hydrogen) atoms. The summed E-state index contributed by atoms with van der Waals surface area (Å²) < 4.78 is 18.0. The number of halogens is 1. The highest BCUT2D eigenvalue weighted by molar-refractivity contribution is 5.68. The van der Waals surface area contributed by atoms with Crippen molar-refractivity contribution in [1.82, 2.24) is 0 Å². The van der Waals surface area contributed by atoms with E-state index in [1.807, 2.05) is 0 Å². The van der Waals surface area contributed by atoms with E-state index < -0.39 is 5.82 Å². The maximum atomic E-state index is 13.3. The van der Waals surface area contributed by atoms with Crippen LogP contribution in [0.5, 0.6) is 5.75 Å². The van der Waals surface area contributed by atoms with Crippen molar-refractivity contribution >= 4 is 11.4 Å². The molecule has 0 radical (unpaired) electrons. The smallest absolute Gasteiger partial charge is 0.190 e. The van der Waals surface area contributed by atoms with Crippen LogP contribution in [0.1, 0.15) is 0 Å². The summed E-state index contributed by atoms with van der Waals surface area (Å²) in [5, 5.41) is 2.66. The first kappa shape index (κ1) is 8.64. The molecule has 0 heterocycles. The Kier molecular flexibility index (Phi) is 2.38. The molecule has 3 nitrogen and oxygen atoms in total. The zero-order valence-electron chi connectivity index (χ0n) is 7.02. The molecule has 1 rings (SSSR count). The van der Waals surface area contributed by atoms with Crippen LogP contribution in [0, 0.1) is 5.82 Å². The summed E-state index contributed by atoms with van der Waals surface area (Å²) in [4.78, 5) is 0. The van der Waals surface area contributed by atoms with Gasteiger partial charge in [-0.25, -0.2) is 4.39 Å². The molecule has 0 spiro atoms. The minimum atomic E-state index is -0.458. The van der Waals surface area contributed by atoms with Gasteiger partial charge in [-0.15, -0.1) is 0 Å². The van der Waals surface area contributed by atoms with Gasteiger partial charge < -0.3 is 15.8 Å². The molecule has 0 bridgehead atoms. The molecule has 0 aliphatic rings. The van der Waals surface area contributed by atoms with Gasteiger partial charge in [0, 0.05) is 7.05 Å². The van der Waals surface area contributed by atoms with Crippen molar-refractivity contribution in [1.29, 1.82) is 0 Å². The third-order valence-corrected chi connectivity index (χ3v) is 1.61. The topological polar surface area (TPSA) is 47.3 Å². The lowest BCUT2D eigenvalue weighted by atomic mass is 10.2. The van der Waals surface area contributed by atoms with E-state index in [9.17, 15) is 4.39 Å². The predicted molar refractivity (Wildman–Crippen MR) is 46.9 cm³/mol. The molecule has 0 amide bonds. The number of hydrogen-bond donors (Lipinski definition) is 2. The second-order valence-electron chi connectivity index (χ2n) is 2.30. The molecule has 3 N–H and O–H groups in total. The second kappa shape index (κ2) is 3.30. The van der Waals surface area contributed by atoms with Gasteiger partial charge in [-0.2, -0.15) is 0 Å². The Labute approximate surface area is 70.3 Å². The van der Waals surface area contributed by atoms with Crippen LogP contribution in [0.4, 0.5) is 15.8 Å². The maximum Gasteiger partial charge on any atom is 0.190 e. The molecule has 0 saturated carbocycles. The van der Waals surface area contributed by atoms with Gasteiger partial charge in [0.25, 0.3) is 0 Å². The van der Waals surface area contributed by atoms with Crippen LogP contribution in [0.15, 0.2) is 12.1 Å². The van der Waals surface area contributed by atoms with Gasteiger partial charge in [0.15, 0.2) is 11.6 Å². The molecule has 0 atom stereocenters. The fraction of sp³-hybridized carbons (Fsp3) is 0.250. The lowest BCUT2D eigenvalue weighted by Crippen LogP contribution is -2.00. The number of nitrogens with two attached hydrogens (primary N) is 1. The molecular weight excluding hydrogens is 159 g/mol. The minimum Gasteiger partial charge on any atom is -0.494 e. The number of nitrogens with one attached hydrogen (secondary N) is 1. The third kappa shape index (κ3) is 1.28. The van der Waals surface area contributed by atoms with Crippen LogP contribution in [-0.4, -0.2) is 14.2 Å². The molecule has 0 aliphatic carbocycles. The standard InChI is InChI=1S/C8H11FN2O/c1-11-8-5(10)3-4-6(12-2)7(8)9/h3-4,11H,10H2,1-2H3. The summed E-state index contributed by atoms with van der Waals surface area (Å²) in [6.07, 6.45) is 0. The van der Waals surface area contributed by atoms with Crippen LogP contribution in [-0.2, 0) is 0 Å². The molecule has 0 saturated heterocycles. The average Bonchev–Trinajstić information content (AvgIpc) is 2.06. The molecule has 66 valence electrons. The molecule has 0 aromatic heterocycles. The van der Waals surface area contributed by atoms with Crippen LogP contribution in [0.2, 0.25) is 0 Å². The van der Waals surface area contributed by atoms with E-state index in [-0.39, 0.29) is 11.4 Å². The van der Waals surface area contributed by atoms with E-state index >= 15 is 0 Å². The highest BCUT2D eigenvalue weighted by atomic mass is 19.1. The van der Waals surface area contributed by atoms with E-state index in [1.54, 1.807) is 13.1 Å². The van der Waals surface area contributed by atoms with Crippen molar-refractivity contribution in [3.05, 3.63) is 17.9 Å². The van der Waals surface area contributed by atoms with E-state index in [0.29, 0.717) is 5.69 Å². The summed E-state index contributed by atoms with van der Waals surface area (Å²) in [5.41, 5.74) is 6.14. The number of rotatable bonds is 2. The number of hydrogen-bond acceptors (Lipinski definition) is 3. The zero-order chi connectivity index (χ0) is 9.14. The predicted octanol–water partition coefficient (Wildman–Crippen LogP) is 1.46. The largest absolute Gasteiger partial charge is 0.494 e. The van der Waals surface area contributed by atoms with Crippen molar-refractivity contribution in [3.8, 4) is 5.75 Å². The first-order valence-electron chi connectivity index (χ1n) is 3.50. The third-order valence-electron chi connectivity index (χ3n) is 1.61. The Bertz CT molecular complexity index is 289. The quantitative estimate of drug-likeness (QED) is 0.660. The van der Waals surface area contributed by atoms with Crippen molar-refractivity contribution < 1.29 is 9.13 Å².